The fraction of sp³-hybridized carbons (Fsp3) is 0.500. The Hall–Kier alpha value is -1.15. The Balaban J connectivity index is 1.84. The third-order valence-corrected chi connectivity index (χ3v) is 3.39. The van der Waals surface area contributed by atoms with Crippen LogP contribution in [-0.2, 0) is 11.2 Å². The summed E-state index contributed by atoms with van der Waals surface area (Å²) in [6, 6.07) is 10.1. The number of carbonyl (C=O) groups excluding carboxylic acids is 1. The minimum absolute atomic E-state index is 0.0938. The summed E-state index contributed by atoms with van der Waals surface area (Å²) in [5.41, 5.74) is 1.23. The first-order valence-corrected chi connectivity index (χ1v) is 6.02. The van der Waals surface area contributed by atoms with Crippen LogP contribution in [0.3, 0.4) is 0 Å². The van der Waals surface area contributed by atoms with E-state index in [0.717, 1.165) is 19.3 Å². The number of aryl methyl sites for hydroxylation is 1. The highest BCUT2D eigenvalue weighted by Crippen LogP contribution is 2.26. The maximum absolute atomic E-state index is 11.5. The largest absolute Gasteiger partial charge is 0.392 e. The summed E-state index contributed by atoms with van der Waals surface area (Å²) in [5, 5.41) is 9.96. The molecule has 0 heterocycles. The zero-order valence-electron chi connectivity index (χ0n) is 9.43. The number of rotatable bonds is 4. The van der Waals surface area contributed by atoms with Crippen LogP contribution in [0.25, 0.3) is 0 Å². The summed E-state index contributed by atoms with van der Waals surface area (Å²) >= 11 is 0. The molecule has 1 fully saturated rings. The van der Waals surface area contributed by atoms with Gasteiger partial charge in [-0.25, -0.2) is 0 Å². The zero-order valence-corrected chi connectivity index (χ0v) is 9.43. The van der Waals surface area contributed by atoms with Gasteiger partial charge in [-0.2, -0.15) is 0 Å². The molecule has 0 saturated heterocycles. The monoisotopic (exact) mass is 218 g/mol. The van der Waals surface area contributed by atoms with E-state index in [1.54, 1.807) is 0 Å². The smallest absolute Gasteiger partial charge is 0.138 e. The van der Waals surface area contributed by atoms with Crippen molar-refractivity contribution in [3.05, 3.63) is 35.9 Å². The first kappa shape index (κ1) is 11.3. The predicted octanol–water partition coefficient (Wildman–Crippen LogP) is 2.35. The molecular weight excluding hydrogens is 200 g/mol. The molecule has 86 valence electrons. The van der Waals surface area contributed by atoms with Crippen LogP contribution in [0, 0.1) is 5.92 Å². The fourth-order valence-electron chi connectivity index (χ4n) is 2.41. The molecule has 16 heavy (non-hydrogen) atoms. The number of aliphatic hydroxyl groups is 1. The molecule has 2 nitrogen and oxygen atoms in total. The van der Waals surface area contributed by atoms with Crippen molar-refractivity contribution in [2.45, 2.75) is 38.2 Å². The number of aliphatic hydroxyl groups excluding tert-OH is 1. The average molecular weight is 218 g/mol. The Bertz CT molecular complexity index is 345. The van der Waals surface area contributed by atoms with Crippen LogP contribution in [0.1, 0.15) is 31.2 Å². The maximum Gasteiger partial charge on any atom is 0.138 e. The van der Waals surface area contributed by atoms with Gasteiger partial charge in [0.05, 0.1) is 6.10 Å². The number of Topliss-reactive ketones (excluding diaryl/α,β-unsaturated/α-hetero) is 1. The zero-order chi connectivity index (χ0) is 11.4. The SMILES string of the molecule is O=C1CCCC1C(O)CCc1ccccc1. The van der Waals surface area contributed by atoms with Crippen molar-refractivity contribution in [1.82, 2.24) is 0 Å². The summed E-state index contributed by atoms with van der Waals surface area (Å²) < 4.78 is 0. The highest BCUT2D eigenvalue weighted by atomic mass is 16.3. The van der Waals surface area contributed by atoms with E-state index in [-0.39, 0.29) is 11.7 Å². The van der Waals surface area contributed by atoms with Crippen LogP contribution in [-0.4, -0.2) is 17.0 Å². The summed E-state index contributed by atoms with van der Waals surface area (Å²) in [4.78, 5) is 11.5. The van der Waals surface area contributed by atoms with Gasteiger partial charge in [0.25, 0.3) is 0 Å². The van der Waals surface area contributed by atoms with Crippen molar-refractivity contribution in [3.8, 4) is 0 Å². The van der Waals surface area contributed by atoms with Gasteiger partial charge in [-0.3, -0.25) is 4.79 Å². The van der Waals surface area contributed by atoms with Crippen molar-refractivity contribution < 1.29 is 9.90 Å². The molecule has 1 saturated carbocycles. The van der Waals surface area contributed by atoms with Gasteiger partial charge in [-0.05, 0) is 31.2 Å². The van der Waals surface area contributed by atoms with Gasteiger partial charge in [0.1, 0.15) is 5.78 Å². The van der Waals surface area contributed by atoms with E-state index in [2.05, 4.69) is 12.1 Å². The van der Waals surface area contributed by atoms with Crippen LogP contribution in [0.15, 0.2) is 30.3 Å². The number of carbonyl (C=O) groups is 1. The second-order valence-corrected chi connectivity index (χ2v) is 4.56. The van der Waals surface area contributed by atoms with Crippen LogP contribution in [0.5, 0.6) is 0 Å². The van der Waals surface area contributed by atoms with Gasteiger partial charge < -0.3 is 5.11 Å². The van der Waals surface area contributed by atoms with Gasteiger partial charge in [0, 0.05) is 12.3 Å². The highest BCUT2D eigenvalue weighted by molar-refractivity contribution is 5.83. The van der Waals surface area contributed by atoms with Crippen molar-refractivity contribution in [2.75, 3.05) is 0 Å². The molecule has 0 bridgehead atoms. The van der Waals surface area contributed by atoms with Gasteiger partial charge in [-0.1, -0.05) is 30.3 Å². The fourth-order valence-corrected chi connectivity index (χ4v) is 2.41. The van der Waals surface area contributed by atoms with Crippen LogP contribution >= 0.6 is 0 Å². The minimum Gasteiger partial charge on any atom is -0.392 e. The van der Waals surface area contributed by atoms with E-state index in [0.29, 0.717) is 12.8 Å². The molecule has 0 spiro atoms. The number of hydrogen-bond acceptors (Lipinski definition) is 2. The van der Waals surface area contributed by atoms with E-state index >= 15 is 0 Å². The molecular formula is C14H18O2. The summed E-state index contributed by atoms with van der Waals surface area (Å²) in [6.45, 7) is 0. The predicted molar refractivity (Wildman–Crippen MR) is 63.1 cm³/mol. The minimum atomic E-state index is -0.449. The topological polar surface area (TPSA) is 37.3 Å². The molecule has 0 aromatic heterocycles. The van der Waals surface area contributed by atoms with Crippen LogP contribution in [0.2, 0.25) is 0 Å². The Morgan fingerprint density at radius 1 is 1.31 bits per heavy atom. The number of ketones is 1. The summed E-state index contributed by atoms with van der Waals surface area (Å²) in [6.07, 6.45) is 3.58. The highest BCUT2D eigenvalue weighted by Gasteiger charge is 2.30. The Labute approximate surface area is 96.3 Å². The standard InChI is InChI=1S/C14H18O2/c15-13-8-4-7-12(13)14(16)10-9-11-5-2-1-3-6-11/h1-3,5-6,12,14,16H,4,7-10H2. The van der Waals surface area contributed by atoms with Gasteiger partial charge in [0.15, 0.2) is 0 Å². The Morgan fingerprint density at radius 3 is 2.69 bits per heavy atom. The molecule has 0 aliphatic heterocycles. The second-order valence-electron chi connectivity index (χ2n) is 4.56. The molecule has 1 aliphatic carbocycles. The van der Waals surface area contributed by atoms with Crippen molar-refractivity contribution in [1.29, 1.82) is 0 Å². The van der Waals surface area contributed by atoms with Gasteiger partial charge >= 0.3 is 0 Å². The lowest BCUT2D eigenvalue weighted by Gasteiger charge is -2.16. The van der Waals surface area contributed by atoms with Gasteiger partial charge in [0.2, 0.25) is 0 Å². The van der Waals surface area contributed by atoms with Crippen LogP contribution < -0.4 is 0 Å². The molecule has 0 radical (unpaired) electrons. The third-order valence-electron chi connectivity index (χ3n) is 3.39. The number of hydrogen-bond donors (Lipinski definition) is 1. The lowest BCUT2D eigenvalue weighted by molar-refractivity contribution is -0.123. The van der Waals surface area contributed by atoms with E-state index in [1.807, 2.05) is 18.2 Å². The average Bonchev–Trinajstić information content (AvgIpc) is 2.74. The van der Waals surface area contributed by atoms with Crippen LogP contribution in [0.4, 0.5) is 0 Å². The lowest BCUT2D eigenvalue weighted by atomic mass is 9.94. The molecule has 2 heteroatoms. The van der Waals surface area contributed by atoms with E-state index in [9.17, 15) is 9.90 Å². The molecule has 1 N–H and O–H groups in total. The van der Waals surface area contributed by atoms with Crippen molar-refractivity contribution in [2.24, 2.45) is 5.92 Å². The van der Waals surface area contributed by atoms with E-state index in [4.69, 9.17) is 0 Å². The van der Waals surface area contributed by atoms with Gasteiger partial charge in [-0.15, -0.1) is 0 Å². The van der Waals surface area contributed by atoms with E-state index in [1.165, 1.54) is 5.56 Å². The molecule has 2 atom stereocenters. The summed E-state index contributed by atoms with van der Waals surface area (Å²) in [7, 11) is 0. The maximum atomic E-state index is 11.5. The Morgan fingerprint density at radius 2 is 2.06 bits per heavy atom. The lowest BCUT2D eigenvalue weighted by Crippen LogP contribution is -2.24. The molecule has 2 rings (SSSR count). The molecule has 1 aliphatic rings. The molecule has 0 amide bonds. The van der Waals surface area contributed by atoms with Crippen molar-refractivity contribution >= 4 is 5.78 Å². The van der Waals surface area contributed by atoms with Crippen molar-refractivity contribution in [3.63, 3.8) is 0 Å². The Kier molecular flexibility index (Phi) is 3.73. The third kappa shape index (κ3) is 2.70. The summed E-state index contributed by atoms with van der Waals surface area (Å²) in [5.74, 6) is 0.157. The first-order valence-electron chi connectivity index (χ1n) is 6.02. The van der Waals surface area contributed by atoms with E-state index < -0.39 is 6.10 Å². The second kappa shape index (κ2) is 5.26. The molecule has 1 aromatic rings. The quantitative estimate of drug-likeness (QED) is 0.842. The number of benzene rings is 1. The molecule has 2 unspecified atom stereocenters. The normalized spacial score (nSPS) is 22.3. The molecule has 1 aromatic carbocycles. The first-order chi connectivity index (χ1) is 7.77.